The zero-order chi connectivity index (χ0) is 18.7. The maximum Gasteiger partial charge on any atom is 0.263 e. The van der Waals surface area contributed by atoms with Gasteiger partial charge in [-0.05, 0) is 50.5 Å². The van der Waals surface area contributed by atoms with Crippen LogP contribution in [-0.4, -0.2) is 48.9 Å². The highest BCUT2D eigenvalue weighted by molar-refractivity contribution is 9.10. The second-order valence-electron chi connectivity index (χ2n) is 7.31. The molecule has 7 heteroatoms. The van der Waals surface area contributed by atoms with Crippen LogP contribution in [-0.2, 0) is 14.6 Å². The summed E-state index contributed by atoms with van der Waals surface area (Å²) in [6, 6.07) is 7.29. The Labute approximate surface area is 164 Å². The summed E-state index contributed by atoms with van der Waals surface area (Å²) >= 11 is 3.38. The van der Waals surface area contributed by atoms with Crippen molar-refractivity contribution < 1.29 is 17.9 Å². The molecule has 5 nitrogen and oxygen atoms in total. The quantitative estimate of drug-likeness (QED) is 0.697. The van der Waals surface area contributed by atoms with Crippen LogP contribution in [0.3, 0.4) is 0 Å². The minimum absolute atomic E-state index is 0.0836. The van der Waals surface area contributed by atoms with Crippen molar-refractivity contribution in [3.05, 3.63) is 28.7 Å². The van der Waals surface area contributed by atoms with Gasteiger partial charge < -0.3 is 9.64 Å². The lowest BCUT2D eigenvalue weighted by Gasteiger charge is -2.39. The molecule has 1 aliphatic carbocycles. The Morgan fingerprint density at radius 2 is 1.77 bits per heavy atom. The summed E-state index contributed by atoms with van der Waals surface area (Å²) in [7, 11) is -3.04. The van der Waals surface area contributed by atoms with E-state index in [1.54, 1.807) is 6.92 Å². The van der Waals surface area contributed by atoms with E-state index in [1.807, 2.05) is 29.2 Å². The van der Waals surface area contributed by atoms with E-state index in [2.05, 4.69) is 15.9 Å². The SMILES string of the molecule is CC(Oc1ccc(Br)cc1)C(=O)N(C1CCCCC1)C1CCS(=O)(=O)C1. The predicted octanol–water partition coefficient (Wildman–Crippen LogP) is 3.56. The molecule has 1 saturated carbocycles. The van der Waals surface area contributed by atoms with Gasteiger partial charge in [0.05, 0.1) is 11.5 Å². The van der Waals surface area contributed by atoms with Gasteiger partial charge in [0, 0.05) is 16.6 Å². The molecule has 1 aromatic carbocycles. The minimum atomic E-state index is -3.04. The van der Waals surface area contributed by atoms with Gasteiger partial charge in [-0.15, -0.1) is 0 Å². The summed E-state index contributed by atoms with van der Waals surface area (Å²) in [4.78, 5) is 15.1. The second kappa shape index (κ2) is 8.30. The molecule has 0 radical (unpaired) electrons. The molecule has 1 aromatic rings. The number of nitrogens with zero attached hydrogens (tertiary/aromatic N) is 1. The average Bonchev–Trinajstić information content (AvgIpc) is 2.97. The van der Waals surface area contributed by atoms with Crippen molar-refractivity contribution in [1.82, 2.24) is 4.90 Å². The van der Waals surface area contributed by atoms with Gasteiger partial charge in [-0.25, -0.2) is 8.42 Å². The molecule has 3 rings (SSSR count). The number of hydrogen-bond acceptors (Lipinski definition) is 4. The Balaban J connectivity index is 1.76. The summed E-state index contributed by atoms with van der Waals surface area (Å²) in [6.45, 7) is 1.75. The first-order valence-electron chi connectivity index (χ1n) is 9.30. The van der Waals surface area contributed by atoms with Crippen LogP contribution in [0.25, 0.3) is 0 Å². The van der Waals surface area contributed by atoms with E-state index in [1.165, 1.54) is 6.42 Å². The molecule has 2 aliphatic rings. The molecule has 26 heavy (non-hydrogen) atoms. The lowest BCUT2D eigenvalue weighted by Crippen LogP contribution is -2.52. The summed E-state index contributed by atoms with van der Waals surface area (Å²) in [5.41, 5.74) is 0. The van der Waals surface area contributed by atoms with Gasteiger partial charge >= 0.3 is 0 Å². The molecule has 0 N–H and O–H groups in total. The van der Waals surface area contributed by atoms with Gasteiger partial charge in [-0.2, -0.15) is 0 Å². The molecule has 2 fully saturated rings. The number of ether oxygens (including phenoxy) is 1. The molecular weight excluding hydrogens is 418 g/mol. The Morgan fingerprint density at radius 1 is 1.12 bits per heavy atom. The minimum Gasteiger partial charge on any atom is -0.481 e. The molecule has 2 unspecified atom stereocenters. The first kappa shape index (κ1) is 19.7. The van der Waals surface area contributed by atoms with E-state index in [4.69, 9.17) is 4.74 Å². The monoisotopic (exact) mass is 443 g/mol. The number of carbonyl (C=O) groups excluding carboxylic acids is 1. The highest BCUT2D eigenvalue weighted by atomic mass is 79.9. The van der Waals surface area contributed by atoms with Crippen LogP contribution in [0.4, 0.5) is 0 Å². The van der Waals surface area contributed by atoms with E-state index < -0.39 is 15.9 Å². The van der Waals surface area contributed by atoms with Crippen molar-refractivity contribution in [2.75, 3.05) is 11.5 Å². The van der Waals surface area contributed by atoms with E-state index in [9.17, 15) is 13.2 Å². The van der Waals surface area contributed by atoms with Crippen LogP contribution < -0.4 is 4.74 Å². The Bertz CT molecular complexity index is 728. The first-order valence-corrected chi connectivity index (χ1v) is 11.9. The fourth-order valence-corrected chi connectivity index (χ4v) is 5.97. The molecule has 1 heterocycles. The predicted molar refractivity (Wildman–Crippen MR) is 105 cm³/mol. The molecule has 0 bridgehead atoms. The molecule has 0 spiro atoms. The lowest BCUT2D eigenvalue weighted by molar-refractivity contribution is -0.143. The van der Waals surface area contributed by atoms with Crippen molar-refractivity contribution in [2.24, 2.45) is 0 Å². The van der Waals surface area contributed by atoms with Gasteiger partial charge in [0.15, 0.2) is 15.9 Å². The number of benzene rings is 1. The van der Waals surface area contributed by atoms with Crippen LogP contribution in [0.1, 0.15) is 45.4 Å². The smallest absolute Gasteiger partial charge is 0.263 e. The van der Waals surface area contributed by atoms with Crippen LogP contribution in [0.15, 0.2) is 28.7 Å². The Hall–Kier alpha value is -1.08. The number of hydrogen-bond donors (Lipinski definition) is 0. The average molecular weight is 444 g/mol. The molecule has 144 valence electrons. The van der Waals surface area contributed by atoms with Crippen LogP contribution >= 0.6 is 15.9 Å². The first-order chi connectivity index (χ1) is 12.4. The highest BCUT2D eigenvalue weighted by Crippen LogP contribution is 2.29. The van der Waals surface area contributed by atoms with Gasteiger partial charge in [-0.3, -0.25) is 4.79 Å². The van der Waals surface area contributed by atoms with Crippen LogP contribution in [0, 0.1) is 0 Å². The van der Waals surface area contributed by atoms with Gasteiger partial charge in [0.1, 0.15) is 5.75 Å². The molecule has 2 atom stereocenters. The highest BCUT2D eigenvalue weighted by Gasteiger charge is 2.40. The molecule has 1 amide bonds. The summed E-state index contributed by atoms with van der Waals surface area (Å²) < 4.78 is 30.7. The van der Waals surface area contributed by atoms with E-state index in [-0.39, 0.29) is 29.5 Å². The third-order valence-corrected chi connectivity index (χ3v) is 7.58. The Morgan fingerprint density at radius 3 is 2.35 bits per heavy atom. The fourth-order valence-electron chi connectivity index (χ4n) is 3.99. The second-order valence-corrected chi connectivity index (χ2v) is 10.5. The molecule has 0 aromatic heterocycles. The van der Waals surface area contributed by atoms with E-state index in [0.29, 0.717) is 12.2 Å². The van der Waals surface area contributed by atoms with Crippen LogP contribution in [0.2, 0.25) is 0 Å². The lowest BCUT2D eigenvalue weighted by atomic mass is 9.92. The van der Waals surface area contributed by atoms with Crippen molar-refractivity contribution >= 4 is 31.7 Å². The van der Waals surface area contributed by atoms with Crippen molar-refractivity contribution in [3.8, 4) is 5.75 Å². The maximum absolute atomic E-state index is 13.2. The zero-order valence-electron chi connectivity index (χ0n) is 15.1. The number of sulfone groups is 1. The summed E-state index contributed by atoms with van der Waals surface area (Å²) in [5, 5.41) is 0. The van der Waals surface area contributed by atoms with Gasteiger partial charge in [0.25, 0.3) is 5.91 Å². The molecular formula is C19H26BrNO4S. The third kappa shape index (κ3) is 4.80. The Kier molecular flexibility index (Phi) is 6.28. The van der Waals surface area contributed by atoms with Gasteiger partial charge in [0.2, 0.25) is 0 Å². The number of halogens is 1. The van der Waals surface area contributed by atoms with Gasteiger partial charge in [-0.1, -0.05) is 35.2 Å². The number of amides is 1. The number of carbonyl (C=O) groups is 1. The maximum atomic E-state index is 13.2. The summed E-state index contributed by atoms with van der Waals surface area (Å²) in [6.07, 6.45) is 5.18. The normalized spacial score (nSPS) is 24.2. The third-order valence-electron chi connectivity index (χ3n) is 5.30. The number of rotatable bonds is 5. The van der Waals surface area contributed by atoms with E-state index in [0.717, 1.165) is 30.2 Å². The zero-order valence-corrected chi connectivity index (χ0v) is 17.5. The summed E-state index contributed by atoms with van der Waals surface area (Å²) in [5.74, 6) is 0.801. The topological polar surface area (TPSA) is 63.7 Å². The fraction of sp³-hybridized carbons (Fsp3) is 0.632. The van der Waals surface area contributed by atoms with Crippen LogP contribution in [0.5, 0.6) is 5.75 Å². The standard InChI is InChI=1S/C19H26BrNO4S/c1-14(25-18-9-7-15(20)8-10-18)19(22)21(16-5-3-2-4-6-16)17-11-12-26(23,24)13-17/h7-10,14,16-17H,2-6,11-13H2,1H3. The van der Waals surface area contributed by atoms with Crippen molar-refractivity contribution in [3.63, 3.8) is 0 Å². The van der Waals surface area contributed by atoms with Crippen molar-refractivity contribution in [1.29, 1.82) is 0 Å². The van der Waals surface area contributed by atoms with E-state index >= 15 is 0 Å². The van der Waals surface area contributed by atoms with Crippen molar-refractivity contribution in [2.45, 2.75) is 63.6 Å². The molecule has 1 saturated heterocycles. The molecule has 1 aliphatic heterocycles. The largest absolute Gasteiger partial charge is 0.481 e.